The summed E-state index contributed by atoms with van der Waals surface area (Å²) in [5, 5.41) is 0. The molecule has 4 heteroatoms. The predicted molar refractivity (Wildman–Crippen MR) is 75.1 cm³/mol. The first-order chi connectivity index (χ1) is 7.49. The Morgan fingerprint density at radius 3 is 2.75 bits per heavy atom. The first-order valence-electron chi connectivity index (χ1n) is 4.99. The third-order valence-corrected chi connectivity index (χ3v) is 2.79. The van der Waals surface area contributed by atoms with Crippen LogP contribution in [-0.2, 0) is 6.42 Å². The summed E-state index contributed by atoms with van der Waals surface area (Å²) in [5.74, 6) is 0.814. The molecule has 1 unspecified atom stereocenters. The molecule has 16 heavy (non-hydrogen) atoms. The van der Waals surface area contributed by atoms with Crippen LogP contribution in [0.5, 0.6) is 5.75 Å². The molecule has 0 aliphatic heterocycles. The molecule has 1 aromatic carbocycles. The zero-order chi connectivity index (χ0) is 12.1. The molecule has 0 aliphatic carbocycles. The van der Waals surface area contributed by atoms with Gasteiger partial charge in [-0.3, -0.25) is 0 Å². The molecule has 0 bridgehead atoms. The summed E-state index contributed by atoms with van der Waals surface area (Å²) in [5.41, 5.74) is 6.95. The van der Waals surface area contributed by atoms with Gasteiger partial charge in [0.15, 0.2) is 0 Å². The maximum atomic E-state index is 5.75. The molecule has 1 rings (SSSR count). The van der Waals surface area contributed by atoms with Crippen molar-refractivity contribution < 1.29 is 4.74 Å². The average molecular weight is 349 g/mol. The summed E-state index contributed by atoms with van der Waals surface area (Å²) in [7, 11) is 0. The van der Waals surface area contributed by atoms with Crippen LogP contribution in [0.2, 0.25) is 0 Å². The first-order valence-corrected chi connectivity index (χ1v) is 6.57. The van der Waals surface area contributed by atoms with E-state index in [0.717, 1.165) is 21.1 Å². The van der Waals surface area contributed by atoms with Gasteiger partial charge in [-0.25, -0.2) is 0 Å². The molecule has 0 saturated carbocycles. The van der Waals surface area contributed by atoms with Crippen molar-refractivity contribution in [2.45, 2.75) is 19.4 Å². The van der Waals surface area contributed by atoms with Gasteiger partial charge in [-0.2, -0.15) is 0 Å². The van der Waals surface area contributed by atoms with Crippen molar-refractivity contribution in [2.24, 2.45) is 5.73 Å². The quantitative estimate of drug-likeness (QED) is 0.881. The van der Waals surface area contributed by atoms with E-state index in [1.54, 1.807) is 0 Å². The maximum absolute atomic E-state index is 5.75. The third kappa shape index (κ3) is 4.68. The summed E-state index contributed by atoms with van der Waals surface area (Å²) < 4.78 is 7.30. The lowest BCUT2D eigenvalue weighted by Crippen LogP contribution is -2.17. The number of hydrogen-bond acceptors (Lipinski definition) is 2. The van der Waals surface area contributed by atoms with Gasteiger partial charge >= 0.3 is 0 Å². The molecule has 0 aliphatic rings. The molecular weight excluding hydrogens is 334 g/mol. The van der Waals surface area contributed by atoms with E-state index >= 15 is 0 Å². The molecule has 0 saturated heterocycles. The van der Waals surface area contributed by atoms with E-state index in [9.17, 15) is 0 Å². The van der Waals surface area contributed by atoms with Gasteiger partial charge in [-0.1, -0.05) is 28.6 Å². The lowest BCUT2D eigenvalue weighted by Gasteiger charge is -2.10. The van der Waals surface area contributed by atoms with Gasteiger partial charge in [-0.15, -0.1) is 0 Å². The second-order valence-electron chi connectivity index (χ2n) is 3.75. The smallest absolute Gasteiger partial charge is 0.134 e. The zero-order valence-corrected chi connectivity index (χ0v) is 12.3. The number of halogens is 2. The van der Waals surface area contributed by atoms with Gasteiger partial charge in [-0.05, 0) is 47.0 Å². The minimum absolute atomic E-state index is 0.168. The molecule has 1 atom stereocenters. The predicted octanol–water partition coefficient (Wildman–Crippen LogP) is 3.63. The normalized spacial score (nSPS) is 12.2. The van der Waals surface area contributed by atoms with Crippen molar-refractivity contribution in [2.75, 3.05) is 6.61 Å². The standard InChI is InChI=1S/C12H15Br2NO/c1-8(13)7-16-12-4-3-10(5-9(2)15)6-11(12)14/h3-4,6,9H,1,5,7,15H2,2H3. The molecule has 0 aromatic heterocycles. The molecule has 88 valence electrons. The van der Waals surface area contributed by atoms with Crippen LogP contribution in [-0.4, -0.2) is 12.6 Å². The number of benzene rings is 1. The summed E-state index contributed by atoms with van der Waals surface area (Å²) in [6, 6.07) is 6.18. The monoisotopic (exact) mass is 347 g/mol. The largest absolute Gasteiger partial charge is 0.487 e. The minimum atomic E-state index is 0.168. The van der Waals surface area contributed by atoms with Gasteiger partial charge in [0.25, 0.3) is 0 Å². The van der Waals surface area contributed by atoms with Crippen molar-refractivity contribution in [3.8, 4) is 5.75 Å². The van der Waals surface area contributed by atoms with Crippen molar-refractivity contribution in [3.05, 3.63) is 39.3 Å². The van der Waals surface area contributed by atoms with Crippen molar-refractivity contribution in [3.63, 3.8) is 0 Å². The van der Waals surface area contributed by atoms with Crippen molar-refractivity contribution in [1.29, 1.82) is 0 Å². The zero-order valence-electron chi connectivity index (χ0n) is 9.17. The fourth-order valence-electron chi connectivity index (χ4n) is 1.32. The number of ether oxygens (including phenoxy) is 1. The second kappa shape index (κ2) is 6.42. The molecule has 0 fully saturated rings. The summed E-state index contributed by atoms with van der Waals surface area (Å²) in [6.45, 7) is 6.17. The molecule has 2 nitrogen and oxygen atoms in total. The van der Waals surface area contributed by atoms with Crippen molar-refractivity contribution >= 4 is 31.9 Å². The second-order valence-corrected chi connectivity index (χ2v) is 5.73. The fraction of sp³-hybridized carbons (Fsp3) is 0.333. The first kappa shape index (κ1) is 13.7. The van der Waals surface area contributed by atoms with Crippen LogP contribution >= 0.6 is 31.9 Å². The summed E-state index contributed by atoms with van der Waals surface area (Å²) in [6.07, 6.45) is 0.865. The van der Waals surface area contributed by atoms with Crippen LogP contribution in [0.4, 0.5) is 0 Å². The average Bonchev–Trinajstić information content (AvgIpc) is 2.15. The van der Waals surface area contributed by atoms with E-state index in [2.05, 4.69) is 38.4 Å². The van der Waals surface area contributed by atoms with Crippen LogP contribution in [0.1, 0.15) is 12.5 Å². The summed E-state index contributed by atoms with van der Waals surface area (Å²) in [4.78, 5) is 0. The van der Waals surface area contributed by atoms with Gasteiger partial charge in [0.2, 0.25) is 0 Å². The SMILES string of the molecule is C=C(Br)COc1ccc(CC(C)N)cc1Br. The van der Waals surface area contributed by atoms with E-state index < -0.39 is 0 Å². The fourth-order valence-corrected chi connectivity index (χ4v) is 1.97. The lowest BCUT2D eigenvalue weighted by atomic mass is 10.1. The maximum Gasteiger partial charge on any atom is 0.134 e. The highest BCUT2D eigenvalue weighted by Gasteiger charge is 2.04. The highest BCUT2D eigenvalue weighted by atomic mass is 79.9. The third-order valence-electron chi connectivity index (χ3n) is 1.94. The van der Waals surface area contributed by atoms with Gasteiger partial charge < -0.3 is 10.5 Å². The molecule has 0 heterocycles. The van der Waals surface area contributed by atoms with Crippen LogP contribution in [0.3, 0.4) is 0 Å². The van der Waals surface area contributed by atoms with Crippen LogP contribution in [0.25, 0.3) is 0 Å². The molecule has 0 spiro atoms. The Kier molecular flexibility index (Phi) is 5.52. The molecule has 1 aromatic rings. The Labute approximate surface area is 113 Å². The van der Waals surface area contributed by atoms with Crippen LogP contribution < -0.4 is 10.5 Å². The summed E-state index contributed by atoms with van der Waals surface area (Å²) >= 11 is 6.73. The molecule has 0 amide bonds. The Hall–Kier alpha value is -0.320. The topological polar surface area (TPSA) is 35.2 Å². The number of nitrogens with two attached hydrogens (primary N) is 1. The minimum Gasteiger partial charge on any atom is -0.487 e. The number of rotatable bonds is 5. The molecule has 0 radical (unpaired) electrons. The highest BCUT2D eigenvalue weighted by Crippen LogP contribution is 2.27. The lowest BCUT2D eigenvalue weighted by molar-refractivity contribution is 0.358. The Bertz CT molecular complexity index is 377. The van der Waals surface area contributed by atoms with Crippen LogP contribution in [0, 0.1) is 0 Å². The van der Waals surface area contributed by atoms with E-state index in [-0.39, 0.29) is 6.04 Å². The Morgan fingerprint density at radius 2 is 2.25 bits per heavy atom. The van der Waals surface area contributed by atoms with E-state index in [4.69, 9.17) is 10.5 Å². The Morgan fingerprint density at radius 1 is 1.56 bits per heavy atom. The van der Waals surface area contributed by atoms with Gasteiger partial charge in [0.1, 0.15) is 12.4 Å². The highest BCUT2D eigenvalue weighted by molar-refractivity contribution is 9.11. The van der Waals surface area contributed by atoms with Crippen molar-refractivity contribution in [1.82, 2.24) is 0 Å². The molecule has 2 N–H and O–H groups in total. The molecular formula is C12H15Br2NO. The van der Waals surface area contributed by atoms with E-state index in [1.165, 1.54) is 5.56 Å². The van der Waals surface area contributed by atoms with E-state index in [1.807, 2.05) is 25.1 Å². The van der Waals surface area contributed by atoms with E-state index in [0.29, 0.717) is 6.61 Å². The number of hydrogen-bond donors (Lipinski definition) is 1. The van der Waals surface area contributed by atoms with Crippen LogP contribution in [0.15, 0.2) is 33.7 Å². The van der Waals surface area contributed by atoms with Gasteiger partial charge in [0, 0.05) is 10.5 Å². The van der Waals surface area contributed by atoms with Gasteiger partial charge in [0.05, 0.1) is 4.47 Å². The Balaban J connectivity index is 2.71.